The van der Waals surface area contributed by atoms with Crippen molar-refractivity contribution >= 4 is 15.9 Å². The highest BCUT2D eigenvalue weighted by Crippen LogP contribution is 2.35. The molecule has 1 aromatic carbocycles. The lowest BCUT2D eigenvalue weighted by molar-refractivity contribution is 0.415. The summed E-state index contributed by atoms with van der Waals surface area (Å²) in [6, 6.07) is 4.40. The number of nitrogens with zero attached hydrogens (tertiary/aromatic N) is 2. The van der Waals surface area contributed by atoms with E-state index in [2.05, 4.69) is 26.2 Å². The fraction of sp³-hybridized carbons (Fsp3) is 0.308. The summed E-state index contributed by atoms with van der Waals surface area (Å²) in [6.45, 7) is 0.632. The molecule has 0 unspecified atom stereocenters. The number of rotatable bonds is 4. The molecule has 19 heavy (non-hydrogen) atoms. The van der Waals surface area contributed by atoms with E-state index in [-0.39, 0.29) is 5.82 Å². The van der Waals surface area contributed by atoms with Gasteiger partial charge in [0.05, 0.1) is 13.7 Å². The number of aromatic nitrogens is 2. The summed E-state index contributed by atoms with van der Waals surface area (Å²) in [5.74, 6) is 1.13. The average Bonchev–Trinajstić information content (AvgIpc) is 2.67. The van der Waals surface area contributed by atoms with Gasteiger partial charge in [0, 0.05) is 12.6 Å². The summed E-state index contributed by atoms with van der Waals surface area (Å²) < 4.78 is 21.4. The molecule has 0 radical (unpaired) electrons. The third-order valence-electron chi connectivity index (χ3n) is 2.87. The van der Waals surface area contributed by atoms with Crippen molar-refractivity contribution in [3.63, 3.8) is 0 Å². The van der Waals surface area contributed by atoms with Crippen molar-refractivity contribution in [2.24, 2.45) is 7.05 Å². The van der Waals surface area contributed by atoms with Gasteiger partial charge in [-0.3, -0.25) is 0 Å². The lowest BCUT2D eigenvalue weighted by Gasteiger charge is -2.06. The number of halogens is 2. The first-order chi connectivity index (χ1) is 9.08. The molecule has 0 aliphatic carbocycles. The molecule has 0 saturated heterocycles. The fourth-order valence-electron chi connectivity index (χ4n) is 1.88. The smallest absolute Gasteiger partial charge is 0.128 e. The Morgan fingerprint density at radius 3 is 2.84 bits per heavy atom. The zero-order valence-electron chi connectivity index (χ0n) is 11.0. The SMILES string of the molecule is CNCc1nc(-c2cc(F)ccc2OC)c(Br)n1C. The third-order valence-corrected chi connectivity index (χ3v) is 3.78. The number of nitrogens with one attached hydrogen (secondary N) is 1. The minimum Gasteiger partial charge on any atom is -0.496 e. The van der Waals surface area contributed by atoms with Gasteiger partial charge in [-0.15, -0.1) is 0 Å². The topological polar surface area (TPSA) is 39.1 Å². The molecular formula is C13H15BrFN3O. The molecular weight excluding hydrogens is 313 g/mol. The van der Waals surface area contributed by atoms with Gasteiger partial charge in [0.15, 0.2) is 0 Å². The molecule has 2 aromatic rings. The van der Waals surface area contributed by atoms with Crippen molar-refractivity contribution in [2.75, 3.05) is 14.2 Å². The van der Waals surface area contributed by atoms with Crippen LogP contribution in [0.4, 0.5) is 4.39 Å². The Morgan fingerprint density at radius 1 is 1.47 bits per heavy atom. The third kappa shape index (κ3) is 2.64. The molecule has 0 amide bonds. The van der Waals surface area contributed by atoms with Gasteiger partial charge < -0.3 is 14.6 Å². The van der Waals surface area contributed by atoms with Gasteiger partial charge in [-0.05, 0) is 41.2 Å². The molecule has 0 aliphatic rings. The van der Waals surface area contributed by atoms with Crippen molar-refractivity contribution in [3.05, 3.63) is 34.4 Å². The van der Waals surface area contributed by atoms with Crippen LogP contribution in [0.25, 0.3) is 11.3 Å². The number of ether oxygens (including phenoxy) is 1. The van der Waals surface area contributed by atoms with E-state index >= 15 is 0 Å². The van der Waals surface area contributed by atoms with Crippen molar-refractivity contribution < 1.29 is 9.13 Å². The number of hydrogen-bond acceptors (Lipinski definition) is 3. The Hall–Kier alpha value is -1.40. The zero-order valence-corrected chi connectivity index (χ0v) is 12.6. The van der Waals surface area contributed by atoms with E-state index in [1.165, 1.54) is 12.1 Å². The van der Waals surface area contributed by atoms with E-state index in [0.29, 0.717) is 23.6 Å². The molecule has 0 saturated carbocycles. The molecule has 6 heteroatoms. The number of hydrogen-bond donors (Lipinski definition) is 1. The van der Waals surface area contributed by atoms with Crippen LogP contribution in [0.5, 0.6) is 5.75 Å². The Bertz CT molecular complexity index is 598. The standard InChI is InChI=1S/C13H15BrFN3O/c1-16-7-11-17-12(13(14)18(11)2)9-6-8(15)4-5-10(9)19-3/h4-6,16H,7H2,1-3H3. The molecule has 0 fully saturated rings. The summed E-state index contributed by atoms with van der Waals surface area (Å²) in [5.41, 5.74) is 1.30. The molecule has 1 heterocycles. The first-order valence-electron chi connectivity index (χ1n) is 5.78. The van der Waals surface area contributed by atoms with Gasteiger partial charge in [-0.2, -0.15) is 0 Å². The molecule has 102 valence electrons. The number of benzene rings is 1. The van der Waals surface area contributed by atoms with Gasteiger partial charge in [-0.1, -0.05) is 0 Å². The monoisotopic (exact) mass is 327 g/mol. The van der Waals surface area contributed by atoms with Crippen LogP contribution >= 0.6 is 15.9 Å². The minimum absolute atomic E-state index is 0.316. The summed E-state index contributed by atoms with van der Waals surface area (Å²) in [6.07, 6.45) is 0. The Morgan fingerprint density at radius 2 is 2.21 bits per heavy atom. The summed E-state index contributed by atoms with van der Waals surface area (Å²) in [7, 11) is 5.31. The molecule has 4 nitrogen and oxygen atoms in total. The summed E-state index contributed by atoms with van der Waals surface area (Å²) in [5, 5.41) is 3.05. The molecule has 0 aliphatic heterocycles. The molecule has 1 N–H and O–H groups in total. The van der Waals surface area contributed by atoms with Crippen LogP contribution in [0.15, 0.2) is 22.8 Å². The first-order valence-corrected chi connectivity index (χ1v) is 6.57. The van der Waals surface area contributed by atoms with Crippen molar-refractivity contribution in [3.8, 4) is 17.0 Å². The van der Waals surface area contributed by atoms with Gasteiger partial charge in [-0.25, -0.2) is 9.37 Å². The number of methoxy groups -OCH3 is 1. The van der Waals surface area contributed by atoms with E-state index < -0.39 is 0 Å². The van der Waals surface area contributed by atoms with Gasteiger partial charge in [0.1, 0.15) is 27.7 Å². The Balaban J connectivity index is 2.58. The highest BCUT2D eigenvalue weighted by molar-refractivity contribution is 9.10. The second-order valence-electron chi connectivity index (χ2n) is 4.10. The van der Waals surface area contributed by atoms with Crippen LogP contribution in [0.1, 0.15) is 5.82 Å². The lowest BCUT2D eigenvalue weighted by atomic mass is 10.1. The first kappa shape index (κ1) is 14.0. The number of imidazole rings is 1. The molecule has 0 spiro atoms. The quantitative estimate of drug-likeness (QED) is 0.938. The molecule has 0 atom stereocenters. The summed E-state index contributed by atoms with van der Waals surface area (Å²) in [4.78, 5) is 4.53. The minimum atomic E-state index is -0.316. The van der Waals surface area contributed by atoms with Crippen molar-refractivity contribution in [1.29, 1.82) is 0 Å². The van der Waals surface area contributed by atoms with Crippen molar-refractivity contribution in [1.82, 2.24) is 14.9 Å². The zero-order chi connectivity index (χ0) is 14.0. The maximum atomic E-state index is 13.4. The van der Waals surface area contributed by atoms with Crippen LogP contribution in [0.2, 0.25) is 0 Å². The van der Waals surface area contributed by atoms with Crippen LogP contribution < -0.4 is 10.1 Å². The predicted octanol–water partition coefficient (Wildman–Crippen LogP) is 2.72. The molecule has 2 rings (SSSR count). The van der Waals surface area contributed by atoms with Gasteiger partial charge in [0.2, 0.25) is 0 Å². The van der Waals surface area contributed by atoms with Gasteiger partial charge >= 0.3 is 0 Å². The van der Waals surface area contributed by atoms with E-state index in [0.717, 1.165) is 10.4 Å². The second-order valence-corrected chi connectivity index (χ2v) is 4.85. The lowest BCUT2D eigenvalue weighted by Crippen LogP contribution is -2.10. The average molecular weight is 328 g/mol. The fourth-order valence-corrected chi connectivity index (χ4v) is 2.38. The van der Waals surface area contributed by atoms with Crippen LogP contribution in [0.3, 0.4) is 0 Å². The Labute approximate surface area is 119 Å². The highest BCUT2D eigenvalue weighted by Gasteiger charge is 2.17. The molecule has 0 bridgehead atoms. The Kier molecular flexibility index (Phi) is 4.21. The predicted molar refractivity (Wildman–Crippen MR) is 75.6 cm³/mol. The maximum absolute atomic E-state index is 13.4. The largest absolute Gasteiger partial charge is 0.496 e. The molecule has 1 aromatic heterocycles. The normalized spacial score (nSPS) is 10.8. The van der Waals surface area contributed by atoms with E-state index in [1.54, 1.807) is 13.2 Å². The van der Waals surface area contributed by atoms with E-state index in [1.807, 2.05) is 18.7 Å². The van der Waals surface area contributed by atoms with Gasteiger partial charge in [0.25, 0.3) is 0 Å². The maximum Gasteiger partial charge on any atom is 0.128 e. The van der Waals surface area contributed by atoms with E-state index in [4.69, 9.17) is 4.74 Å². The van der Waals surface area contributed by atoms with Crippen LogP contribution in [0, 0.1) is 5.82 Å². The van der Waals surface area contributed by atoms with Crippen molar-refractivity contribution in [2.45, 2.75) is 6.54 Å². The highest BCUT2D eigenvalue weighted by atomic mass is 79.9. The second kappa shape index (κ2) is 5.71. The van der Waals surface area contributed by atoms with Crippen LogP contribution in [-0.2, 0) is 13.6 Å². The van der Waals surface area contributed by atoms with E-state index in [9.17, 15) is 4.39 Å². The van der Waals surface area contributed by atoms with Crippen LogP contribution in [-0.4, -0.2) is 23.7 Å². The summed E-state index contributed by atoms with van der Waals surface area (Å²) >= 11 is 3.49.